The maximum atomic E-state index is 6.01. The number of H-pyrrole nitrogens is 2. The van der Waals surface area contributed by atoms with Crippen molar-refractivity contribution in [2.75, 3.05) is 6.79 Å². The van der Waals surface area contributed by atoms with Crippen LogP contribution in [0.4, 0.5) is 0 Å². The molecule has 3 heterocycles. The van der Waals surface area contributed by atoms with Crippen molar-refractivity contribution >= 4 is 22.6 Å². The molecule has 0 saturated heterocycles. The van der Waals surface area contributed by atoms with E-state index in [-0.39, 0.29) is 6.79 Å². The van der Waals surface area contributed by atoms with Crippen molar-refractivity contribution in [3.05, 3.63) is 47.5 Å². The summed E-state index contributed by atoms with van der Waals surface area (Å²) < 4.78 is 10.7. The van der Waals surface area contributed by atoms with Crippen LogP contribution in [-0.4, -0.2) is 27.0 Å². The zero-order valence-corrected chi connectivity index (χ0v) is 13.1. The second-order valence-electron chi connectivity index (χ2n) is 5.48. The maximum absolute atomic E-state index is 6.01. The van der Waals surface area contributed by atoms with Gasteiger partial charge in [0.15, 0.2) is 17.3 Å². The lowest BCUT2D eigenvalue weighted by Gasteiger charge is -1.98. The molecule has 4 aromatic rings. The predicted molar refractivity (Wildman–Crippen MR) is 90.2 cm³/mol. The summed E-state index contributed by atoms with van der Waals surface area (Å²) in [5, 5.41) is 8.05. The fourth-order valence-corrected chi connectivity index (χ4v) is 2.93. The first-order valence-electron chi connectivity index (χ1n) is 7.37. The Kier molecular flexibility index (Phi) is 2.80. The second kappa shape index (κ2) is 5.01. The predicted octanol–water partition coefficient (Wildman–Crippen LogP) is 4.00. The number of ether oxygens (including phenoxy) is 2. The van der Waals surface area contributed by atoms with E-state index in [1.165, 1.54) is 0 Å². The van der Waals surface area contributed by atoms with Crippen LogP contribution in [0.3, 0.4) is 0 Å². The average molecular weight is 339 g/mol. The summed E-state index contributed by atoms with van der Waals surface area (Å²) in [4.78, 5) is 7.81. The number of aromatic nitrogens is 4. The highest BCUT2D eigenvalue weighted by Crippen LogP contribution is 2.36. The summed E-state index contributed by atoms with van der Waals surface area (Å²) in [6, 6.07) is 13.2. The molecule has 0 spiro atoms. The fraction of sp³-hybridized carbons (Fsp3) is 0.0588. The Morgan fingerprint density at radius 3 is 2.88 bits per heavy atom. The van der Waals surface area contributed by atoms with Crippen LogP contribution < -0.4 is 9.47 Å². The topological polar surface area (TPSA) is 75.8 Å². The van der Waals surface area contributed by atoms with Gasteiger partial charge in [0, 0.05) is 10.6 Å². The summed E-state index contributed by atoms with van der Waals surface area (Å²) in [5.74, 6) is 2.20. The van der Waals surface area contributed by atoms with Crippen molar-refractivity contribution in [2.24, 2.45) is 0 Å². The van der Waals surface area contributed by atoms with Gasteiger partial charge in [-0.25, -0.2) is 4.98 Å². The van der Waals surface area contributed by atoms with Crippen molar-refractivity contribution in [1.29, 1.82) is 0 Å². The first-order valence-corrected chi connectivity index (χ1v) is 7.75. The number of rotatable bonds is 2. The Morgan fingerprint density at radius 1 is 1.00 bits per heavy atom. The monoisotopic (exact) mass is 338 g/mol. The Labute approximate surface area is 141 Å². The molecule has 0 saturated carbocycles. The molecule has 0 unspecified atom stereocenters. The van der Waals surface area contributed by atoms with E-state index in [1.807, 2.05) is 42.5 Å². The number of halogens is 1. The molecule has 5 rings (SSSR count). The van der Waals surface area contributed by atoms with Gasteiger partial charge in [0.2, 0.25) is 6.79 Å². The fourth-order valence-electron chi connectivity index (χ4n) is 2.76. The van der Waals surface area contributed by atoms with E-state index in [4.69, 9.17) is 21.1 Å². The van der Waals surface area contributed by atoms with Crippen LogP contribution in [0.1, 0.15) is 0 Å². The quantitative estimate of drug-likeness (QED) is 0.579. The van der Waals surface area contributed by atoms with Gasteiger partial charge in [-0.3, -0.25) is 5.10 Å². The van der Waals surface area contributed by atoms with Crippen molar-refractivity contribution in [1.82, 2.24) is 20.2 Å². The van der Waals surface area contributed by atoms with Gasteiger partial charge in [-0.15, -0.1) is 0 Å². The number of hydrogen-bond donors (Lipinski definition) is 2. The SMILES string of the molecule is Clc1ccc2nc(-c3cc(-c4ccc5c(c4)OCO5)n[nH]3)[nH]c2c1. The van der Waals surface area contributed by atoms with Gasteiger partial charge in [-0.1, -0.05) is 11.6 Å². The number of benzene rings is 2. The van der Waals surface area contributed by atoms with Gasteiger partial charge in [-0.2, -0.15) is 5.10 Å². The summed E-state index contributed by atoms with van der Waals surface area (Å²) in [7, 11) is 0. The average Bonchev–Trinajstić information content (AvgIpc) is 3.31. The van der Waals surface area contributed by atoms with Crippen LogP contribution in [0, 0.1) is 0 Å². The Bertz CT molecular complexity index is 1070. The number of aromatic amines is 2. The molecule has 2 aromatic heterocycles. The van der Waals surface area contributed by atoms with Crippen LogP contribution in [0.15, 0.2) is 42.5 Å². The van der Waals surface area contributed by atoms with E-state index in [0.717, 1.165) is 39.5 Å². The molecule has 1 aliphatic rings. The Morgan fingerprint density at radius 2 is 1.92 bits per heavy atom. The molecule has 118 valence electrons. The number of nitrogens with zero attached hydrogens (tertiary/aromatic N) is 2. The van der Waals surface area contributed by atoms with Gasteiger partial charge in [0.25, 0.3) is 0 Å². The molecule has 6 nitrogen and oxygen atoms in total. The number of nitrogens with one attached hydrogen (secondary N) is 2. The van der Waals surface area contributed by atoms with E-state index in [9.17, 15) is 0 Å². The lowest BCUT2D eigenvalue weighted by Crippen LogP contribution is -1.92. The van der Waals surface area contributed by atoms with Gasteiger partial charge in [-0.05, 0) is 42.5 Å². The van der Waals surface area contributed by atoms with Crippen molar-refractivity contribution in [3.8, 4) is 34.3 Å². The smallest absolute Gasteiger partial charge is 0.231 e. The zero-order chi connectivity index (χ0) is 16.1. The van der Waals surface area contributed by atoms with Crippen molar-refractivity contribution < 1.29 is 9.47 Å². The first-order chi connectivity index (χ1) is 11.8. The van der Waals surface area contributed by atoms with Crippen LogP contribution >= 0.6 is 11.6 Å². The third-order valence-corrected chi connectivity index (χ3v) is 4.18. The van der Waals surface area contributed by atoms with Crippen LogP contribution in [0.5, 0.6) is 11.5 Å². The third kappa shape index (κ3) is 2.11. The molecule has 0 amide bonds. The molecule has 7 heteroatoms. The van der Waals surface area contributed by atoms with Gasteiger partial charge >= 0.3 is 0 Å². The van der Waals surface area contributed by atoms with E-state index in [0.29, 0.717) is 10.8 Å². The molecule has 0 fully saturated rings. The zero-order valence-electron chi connectivity index (χ0n) is 12.3. The van der Waals surface area contributed by atoms with E-state index >= 15 is 0 Å². The minimum Gasteiger partial charge on any atom is -0.454 e. The highest BCUT2D eigenvalue weighted by atomic mass is 35.5. The second-order valence-corrected chi connectivity index (χ2v) is 5.92. The van der Waals surface area contributed by atoms with Gasteiger partial charge in [0.1, 0.15) is 5.69 Å². The van der Waals surface area contributed by atoms with E-state index < -0.39 is 0 Å². The number of fused-ring (bicyclic) bond motifs is 2. The molecule has 0 aliphatic carbocycles. The highest BCUT2D eigenvalue weighted by Gasteiger charge is 2.16. The third-order valence-electron chi connectivity index (χ3n) is 3.95. The summed E-state index contributed by atoms with van der Waals surface area (Å²) in [6.07, 6.45) is 0. The van der Waals surface area contributed by atoms with Crippen LogP contribution in [0.25, 0.3) is 33.8 Å². The minimum atomic E-state index is 0.256. The summed E-state index contributed by atoms with van der Waals surface area (Å²) in [6.45, 7) is 0.256. The molecule has 0 radical (unpaired) electrons. The molecule has 1 aliphatic heterocycles. The number of imidazole rings is 1. The molecule has 2 N–H and O–H groups in total. The molecule has 0 atom stereocenters. The largest absolute Gasteiger partial charge is 0.454 e. The lowest BCUT2D eigenvalue weighted by molar-refractivity contribution is 0.174. The standard InChI is InChI=1S/C17H11ClN4O2/c18-10-2-3-11-13(6-10)20-17(19-11)14-7-12(21-22-14)9-1-4-15-16(5-9)24-8-23-15/h1-7H,8H2,(H,19,20)(H,21,22). The first kappa shape index (κ1) is 13.4. The lowest BCUT2D eigenvalue weighted by atomic mass is 10.1. The van der Waals surface area contributed by atoms with E-state index in [2.05, 4.69) is 20.2 Å². The van der Waals surface area contributed by atoms with E-state index in [1.54, 1.807) is 0 Å². The van der Waals surface area contributed by atoms with Crippen molar-refractivity contribution in [3.63, 3.8) is 0 Å². The molecule has 2 aromatic carbocycles. The maximum Gasteiger partial charge on any atom is 0.231 e. The van der Waals surface area contributed by atoms with Crippen LogP contribution in [-0.2, 0) is 0 Å². The molecular formula is C17H11ClN4O2. The summed E-state index contributed by atoms with van der Waals surface area (Å²) in [5.41, 5.74) is 4.29. The summed E-state index contributed by atoms with van der Waals surface area (Å²) >= 11 is 6.01. The molecule has 24 heavy (non-hydrogen) atoms. The highest BCUT2D eigenvalue weighted by molar-refractivity contribution is 6.31. The number of hydrogen-bond acceptors (Lipinski definition) is 4. The minimum absolute atomic E-state index is 0.256. The Hall–Kier alpha value is -2.99. The van der Waals surface area contributed by atoms with Gasteiger partial charge < -0.3 is 14.5 Å². The molecular weight excluding hydrogens is 328 g/mol. The Balaban J connectivity index is 1.54. The molecule has 0 bridgehead atoms. The van der Waals surface area contributed by atoms with Crippen molar-refractivity contribution in [2.45, 2.75) is 0 Å². The van der Waals surface area contributed by atoms with Crippen LogP contribution in [0.2, 0.25) is 5.02 Å². The normalized spacial score (nSPS) is 12.9. The van der Waals surface area contributed by atoms with Gasteiger partial charge in [0.05, 0.1) is 16.7 Å².